The minimum absolute atomic E-state index is 0.0138. The van der Waals surface area contributed by atoms with Gasteiger partial charge in [-0.25, -0.2) is 23.0 Å². The fraction of sp³-hybridized carbons (Fsp3) is 0.209. The SMILES string of the molecule is CC(F)(F)CC(F)(F)c1nn(-c2ccccc2)c(F)c1C(F)(F)F.Cc1ccccc1-[n+]1ccc(C)n1C.Cc1ccccc1-c1[nH]c2ccccc2[n+]1C.Cc1ccccc1-c1oc2ccccc2[n+]1C.Cc1ccccc1-n1cc(Cl)c[n+]1C. The second-order valence-electron chi connectivity index (χ2n) is 20.8. The summed E-state index contributed by atoms with van der Waals surface area (Å²) in [6.07, 6.45) is -1.87. The van der Waals surface area contributed by atoms with Crippen LogP contribution in [0, 0.1) is 40.6 Å². The second-order valence-corrected chi connectivity index (χ2v) is 21.2. The molecule has 7 aromatic carbocycles. The lowest BCUT2D eigenvalue weighted by molar-refractivity contribution is -0.744. The molecule has 19 heteroatoms. The van der Waals surface area contributed by atoms with Gasteiger partial charge in [0.1, 0.15) is 29.0 Å². The van der Waals surface area contributed by atoms with Crippen molar-refractivity contribution in [3.05, 3.63) is 251 Å². The van der Waals surface area contributed by atoms with E-state index in [9.17, 15) is 35.1 Å². The van der Waals surface area contributed by atoms with Gasteiger partial charge < -0.3 is 4.42 Å². The number of nitrogens with zero attached hydrogens (tertiary/aromatic N) is 8. The van der Waals surface area contributed by atoms with Gasteiger partial charge in [0, 0.05) is 23.8 Å². The Morgan fingerprint density at radius 3 is 1.70 bits per heavy atom. The minimum atomic E-state index is -5.53. The predicted molar refractivity (Wildman–Crippen MR) is 318 cm³/mol. The van der Waals surface area contributed by atoms with E-state index in [1.165, 1.54) is 68.4 Å². The van der Waals surface area contributed by atoms with Crippen molar-refractivity contribution >= 4 is 33.7 Å². The molecule has 444 valence electrons. The van der Waals surface area contributed by atoms with Crippen molar-refractivity contribution in [2.24, 2.45) is 28.2 Å². The molecule has 1 N–H and O–H groups in total. The van der Waals surface area contributed by atoms with Crippen LogP contribution in [-0.2, 0) is 40.3 Å². The van der Waals surface area contributed by atoms with Crippen molar-refractivity contribution in [3.8, 4) is 39.9 Å². The summed E-state index contributed by atoms with van der Waals surface area (Å²) in [5.74, 6) is -8.68. The zero-order valence-corrected chi connectivity index (χ0v) is 49.9. The number of imidazole rings is 1. The Kier molecular flexibility index (Phi) is 19.3. The highest BCUT2D eigenvalue weighted by molar-refractivity contribution is 6.30. The normalized spacial score (nSPS) is 11.5. The average molecular weight is 1200 g/mol. The van der Waals surface area contributed by atoms with E-state index in [2.05, 4.69) is 193 Å². The van der Waals surface area contributed by atoms with Crippen LogP contribution in [0.1, 0.15) is 52.5 Å². The molecule has 0 unspecified atom stereocenters. The smallest absolute Gasteiger partial charge is 0.398 e. The van der Waals surface area contributed by atoms with Crippen LogP contribution in [0.2, 0.25) is 5.02 Å². The Bertz CT molecular complexity index is 4100. The Morgan fingerprint density at radius 1 is 0.605 bits per heavy atom. The Morgan fingerprint density at radius 2 is 1.15 bits per heavy atom. The standard InChI is InChI=1S/C15H14N2.C15H14NO.C14H10F8N2.C12H15N2.C11H12ClN2/c1-11-7-3-4-8-12(11)15-16-13-9-5-6-10-14(13)17(15)2;1-11-7-3-4-8-12(11)15-16(2)13-9-5-6-10-14(13)17-15;1-12(16,17)7-13(18,19)10-9(14(20,21)22)11(15)24(23-10)8-5-3-2-4-6-8;1-10-6-4-5-7-12(10)14-9-8-11(2)13(14)3;1-9-5-3-4-6-11(9)14-8-10(12)7-13(14)2/h2*3-10H,1-2H3;2-6H,7H2,1H3;4-9H,1-3H3;3-8H,1-2H3/q;+1;;2*+1/p+1. The third-order valence-corrected chi connectivity index (χ3v) is 14.5. The molecule has 0 aliphatic carbocycles. The number of H-pyrrole nitrogens is 1. The molecule has 5 heterocycles. The molecule has 0 radical (unpaired) electrons. The first-order chi connectivity index (χ1) is 40.7. The lowest BCUT2D eigenvalue weighted by atomic mass is 10.0. The van der Waals surface area contributed by atoms with Crippen molar-refractivity contribution in [1.82, 2.24) is 24.1 Å². The highest BCUT2D eigenvalue weighted by Gasteiger charge is 2.52. The van der Waals surface area contributed by atoms with Gasteiger partial charge in [0.2, 0.25) is 29.6 Å². The van der Waals surface area contributed by atoms with Crippen LogP contribution >= 0.6 is 11.6 Å². The van der Waals surface area contributed by atoms with E-state index < -0.39 is 41.6 Å². The molecule has 0 aliphatic rings. The van der Waals surface area contributed by atoms with Gasteiger partial charge in [-0.1, -0.05) is 132 Å². The summed E-state index contributed by atoms with van der Waals surface area (Å²) in [5, 5.41) is 3.69. The van der Waals surface area contributed by atoms with Gasteiger partial charge in [0.25, 0.3) is 23.2 Å². The van der Waals surface area contributed by atoms with Gasteiger partial charge in [-0.2, -0.15) is 40.7 Å². The summed E-state index contributed by atoms with van der Waals surface area (Å²) < 4.78 is 125. The van der Waals surface area contributed by atoms with E-state index in [1.54, 1.807) is 0 Å². The zero-order chi connectivity index (χ0) is 62.3. The Labute approximate surface area is 498 Å². The highest BCUT2D eigenvalue weighted by Crippen LogP contribution is 2.45. The van der Waals surface area contributed by atoms with Gasteiger partial charge in [-0.15, -0.1) is 9.36 Å². The molecule has 0 atom stereocenters. The number of benzene rings is 7. The topological polar surface area (TPSA) is 72.1 Å². The van der Waals surface area contributed by atoms with Crippen molar-refractivity contribution < 1.29 is 58.0 Å². The number of halogens is 9. The molecule has 0 fully saturated rings. The predicted octanol–water partition coefficient (Wildman–Crippen LogP) is 15.6. The van der Waals surface area contributed by atoms with E-state index in [0.29, 0.717) is 0 Å². The van der Waals surface area contributed by atoms with Crippen LogP contribution in [-0.4, -0.2) is 30.1 Å². The van der Waals surface area contributed by atoms with Gasteiger partial charge >= 0.3 is 12.1 Å². The highest BCUT2D eigenvalue weighted by atomic mass is 35.5. The average Bonchev–Trinajstić information content (AvgIpc) is 2.18. The van der Waals surface area contributed by atoms with Gasteiger partial charge in [0.15, 0.2) is 18.1 Å². The Hall–Kier alpha value is -9.16. The van der Waals surface area contributed by atoms with Crippen LogP contribution in [0.4, 0.5) is 35.1 Å². The number of fused-ring (bicyclic) bond motifs is 2. The van der Waals surface area contributed by atoms with Crippen molar-refractivity contribution in [2.75, 3.05) is 0 Å². The monoisotopic (exact) mass is 1200 g/mol. The number of rotatable bonds is 8. The lowest BCUT2D eigenvalue weighted by Crippen LogP contribution is -2.39. The molecule has 12 rings (SSSR count). The molecule has 0 saturated carbocycles. The molecule has 12 aromatic rings. The Balaban J connectivity index is 0.000000142. The third-order valence-electron chi connectivity index (χ3n) is 14.3. The van der Waals surface area contributed by atoms with E-state index in [1.807, 2.05) is 78.3 Å². The van der Waals surface area contributed by atoms with Gasteiger partial charge in [-0.05, 0) is 107 Å². The van der Waals surface area contributed by atoms with Crippen LogP contribution in [0.3, 0.4) is 0 Å². The number of aryl methyl sites for hydroxylation is 8. The molecular weight excluding hydrogens is 1130 g/mol. The molecule has 0 saturated heterocycles. The van der Waals surface area contributed by atoms with Crippen LogP contribution in [0.5, 0.6) is 0 Å². The van der Waals surface area contributed by atoms with Crippen LogP contribution < -0.4 is 18.5 Å². The minimum Gasteiger partial charge on any atom is -0.398 e. The van der Waals surface area contributed by atoms with E-state index in [-0.39, 0.29) is 17.3 Å². The third kappa shape index (κ3) is 14.5. The molecule has 86 heavy (non-hydrogen) atoms. The fourth-order valence-corrected chi connectivity index (χ4v) is 9.95. The maximum Gasteiger partial charge on any atom is 0.422 e. The maximum absolute atomic E-state index is 14.1. The lowest BCUT2D eigenvalue weighted by Gasteiger charge is -2.20. The van der Waals surface area contributed by atoms with Gasteiger partial charge in [-0.3, -0.25) is 0 Å². The number of aromatic amines is 1. The fourth-order valence-electron chi connectivity index (χ4n) is 9.72. The van der Waals surface area contributed by atoms with Crippen LogP contribution in [0.25, 0.3) is 62.0 Å². The van der Waals surface area contributed by atoms with Gasteiger partial charge in [0.05, 0.1) is 49.2 Å². The van der Waals surface area contributed by atoms with Crippen molar-refractivity contribution in [3.63, 3.8) is 0 Å². The first kappa shape index (κ1) is 62.9. The summed E-state index contributed by atoms with van der Waals surface area (Å²) in [6, 6.07) is 58.3. The second kappa shape index (κ2) is 26.4. The number of nitrogens with one attached hydrogen (secondary N) is 1. The summed E-state index contributed by atoms with van der Waals surface area (Å²) in [4.78, 5) is 3.48. The summed E-state index contributed by atoms with van der Waals surface area (Å²) in [7, 11) is 8.17. The van der Waals surface area contributed by atoms with Crippen molar-refractivity contribution in [1.29, 1.82) is 0 Å². The summed E-state index contributed by atoms with van der Waals surface area (Å²) >= 11 is 5.93. The molecule has 0 spiro atoms. The number of hydrogen-bond acceptors (Lipinski definition) is 2. The van der Waals surface area contributed by atoms with Crippen molar-refractivity contribution in [2.45, 2.75) is 66.0 Å². The number of alkyl halides is 7. The first-order valence-corrected chi connectivity index (χ1v) is 27.7. The number of aromatic nitrogens is 9. The van der Waals surface area contributed by atoms with E-state index in [4.69, 9.17) is 16.0 Å². The molecule has 10 nitrogen and oxygen atoms in total. The molecular formula is C67H66ClF8N9O+4. The van der Waals surface area contributed by atoms with Crippen LogP contribution in [0.15, 0.2) is 205 Å². The molecule has 0 amide bonds. The number of oxazole rings is 1. The quantitative estimate of drug-likeness (QED) is 0.122. The number of hydrogen-bond donors (Lipinski definition) is 1. The zero-order valence-electron chi connectivity index (χ0n) is 49.1. The molecule has 0 bridgehead atoms. The molecule has 0 aliphatic heterocycles. The summed E-state index contributed by atoms with van der Waals surface area (Å²) in [6.45, 7) is 10.7. The number of para-hydroxylation sites is 7. The molecule has 5 aromatic heterocycles. The largest absolute Gasteiger partial charge is 0.422 e. The first-order valence-electron chi connectivity index (χ1n) is 27.3. The van der Waals surface area contributed by atoms with E-state index in [0.717, 1.165) is 51.2 Å². The maximum atomic E-state index is 14.1. The summed E-state index contributed by atoms with van der Waals surface area (Å²) in [5.41, 5.74) is 10.8. The van der Waals surface area contributed by atoms with E-state index >= 15 is 0 Å².